The number of nitrogens with one attached hydrogen (secondary N) is 1. The summed E-state index contributed by atoms with van der Waals surface area (Å²) in [6.45, 7) is 3.29. The molecule has 110 valence electrons. The van der Waals surface area contributed by atoms with Crippen LogP contribution >= 0.6 is 0 Å². The van der Waals surface area contributed by atoms with Crippen molar-refractivity contribution in [2.75, 3.05) is 0 Å². The maximum atomic E-state index is 11.9. The zero-order valence-corrected chi connectivity index (χ0v) is 11.0. The lowest BCUT2D eigenvalue weighted by Gasteiger charge is -2.16. The third-order valence-corrected chi connectivity index (χ3v) is 3.21. The third-order valence-electron chi connectivity index (χ3n) is 3.21. The smallest absolute Gasteiger partial charge is 0.330 e. The molecule has 1 aliphatic heterocycles. The fraction of sp³-hybridized carbons (Fsp3) is 0.583. The molecule has 0 aromatic carbocycles. The van der Waals surface area contributed by atoms with Crippen molar-refractivity contribution >= 4 is 5.78 Å². The van der Waals surface area contributed by atoms with Crippen LogP contribution in [0.5, 0.6) is 0 Å². The lowest BCUT2D eigenvalue weighted by molar-refractivity contribution is -0.138. The topological polar surface area (TPSA) is 122 Å². The first-order valence-corrected chi connectivity index (χ1v) is 6.19. The molecule has 0 saturated carbocycles. The minimum Gasteiger partial charge on any atom is -0.387 e. The van der Waals surface area contributed by atoms with E-state index in [1.807, 2.05) is 4.98 Å². The predicted molar refractivity (Wildman–Crippen MR) is 67.1 cm³/mol. The molecule has 2 heterocycles. The van der Waals surface area contributed by atoms with Crippen LogP contribution in [0.1, 0.15) is 20.1 Å². The molecule has 3 N–H and O–H groups in total. The molecule has 0 spiro atoms. The van der Waals surface area contributed by atoms with Crippen LogP contribution in [-0.4, -0.2) is 43.9 Å². The van der Waals surface area contributed by atoms with E-state index in [9.17, 15) is 24.6 Å². The lowest BCUT2D eigenvalue weighted by atomic mass is 9.99. The minimum atomic E-state index is -1.44. The second-order valence-electron chi connectivity index (χ2n) is 5.00. The van der Waals surface area contributed by atoms with Crippen molar-refractivity contribution in [2.24, 2.45) is 5.92 Å². The minimum absolute atomic E-state index is 0.364. The van der Waals surface area contributed by atoms with E-state index in [1.165, 1.54) is 0 Å². The highest BCUT2D eigenvalue weighted by molar-refractivity contribution is 5.85. The third kappa shape index (κ3) is 2.45. The van der Waals surface area contributed by atoms with Crippen molar-refractivity contribution in [2.45, 2.75) is 38.4 Å². The summed E-state index contributed by atoms with van der Waals surface area (Å²) in [5.74, 6) is -0.746. The molecule has 0 aliphatic carbocycles. The van der Waals surface area contributed by atoms with Gasteiger partial charge in [-0.05, 0) is 0 Å². The second kappa shape index (κ2) is 5.31. The molecule has 0 bridgehead atoms. The zero-order chi connectivity index (χ0) is 15.0. The van der Waals surface area contributed by atoms with Gasteiger partial charge in [0.2, 0.25) is 0 Å². The summed E-state index contributed by atoms with van der Waals surface area (Å²) in [6, 6.07) is 1.08. The maximum absolute atomic E-state index is 11.9. The maximum Gasteiger partial charge on any atom is 0.330 e. The highest BCUT2D eigenvalue weighted by Gasteiger charge is 2.47. The zero-order valence-electron chi connectivity index (χ0n) is 11.0. The summed E-state index contributed by atoms with van der Waals surface area (Å²) in [5.41, 5.74) is -1.37. The number of Topliss-reactive ketones (excluding diaryl/α,β-unsaturated/α-hetero) is 1. The van der Waals surface area contributed by atoms with Gasteiger partial charge in [-0.2, -0.15) is 0 Å². The molecule has 1 aromatic heterocycles. The molecule has 20 heavy (non-hydrogen) atoms. The quantitative estimate of drug-likeness (QED) is 0.613. The molecule has 4 atom stereocenters. The Balaban J connectivity index is 2.33. The number of hydrogen-bond donors (Lipinski definition) is 3. The van der Waals surface area contributed by atoms with Gasteiger partial charge in [0, 0.05) is 18.2 Å². The number of nitrogens with zero attached hydrogens (tertiary/aromatic N) is 1. The van der Waals surface area contributed by atoms with Gasteiger partial charge in [-0.1, -0.05) is 13.8 Å². The normalized spacial score (nSPS) is 29.9. The summed E-state index contributed by atoms with van der Waals surface area (Å²) in [6.07, 6.45) is -4.14. The van der Waals surface area contributed by atoms with Crippen LogP contribution in [0.2, 0.25) is 0 Å². The molecule has 2 rings (SSSR count). The van der Waals surface area contributed by atoms with Gasteiger partial charge in [0.25, 0.3) is 5.56 Å². The Morgan fingerprint density at radius 2 is 2.00 bits per heavy atom. The molecule has 1 saturated heterocycles. The van der Waals surface area contributed by atoms with Gasteiger partial charge < -0.3 is 14.9 Å². The molecule has 1 fully saturated rings. The van der Waals surface area contributed by atoms with Crippen molar-refractivity contribution in [3.8, 4) is 0 Å². The monoisotopic (exact) mass is 284 g/mol. The van der Waals surface area contributed by atoms with E-state index in [0.717, 1.165) is 16.8 Å². The van der Waals surface area contributed by atoms with Crippen LogP contribution in [0.15, 0.2) is 21.9 Å². The van der Waals surface area contributed by atoms with Crippen molar-refractivity contribution < 1.29 is 19.7 Å². The van der Waals surface area contributed by atoms with E-state index >= 15 is 0 Å². The number of rotatable bonds is 3. The van der Waals surface area contributed by atoms with Crippen molar-refractivity contribution in [1.29, 1.82) is 0 Å². The number of carbonyl (C=O) groups excluding carboxylic acids is 1. The number of H-pyrrole nitrogens is 1. The molecule has 8 heteroatoms. The second-order valence-corrected chi connectivity index (χ2v) is 5.00. The van der Waals surface area contributed by atoms with Crippen molar-refractivity contribution in [3.63, 3.8) is 0 Å². The van der Waals surface area contributed by atoms with Crippen molar-refractivity contribution in [1.82, 2.24) is 9.55 Å². The first-order chi connectivity index (χ1) is 9.32. The van der Waals surface area contributed by atoms with Crippen LogP contribution in [0.3, 0.4) is 0 Å². The van der Waals surface area contributed by atoms with E-state index in [1.54, 1.807) is 13.8 Å². The fourth-order valence-corrected chi connectivity index (χ4v) is 2.08. The number of hydrogen-bond acceptors (Lipinski definition) is 6. The standard InChI is InChI=1S/C12H16N2O6/c1-5(2)7(16)10-8(17)9(18)11(20-10)14-4-3-6(15)13-12(14)19/h3-5,8-11,17-18H,1-2H3,(H,13,15,19)/t8-,9+,10+,11+/m0/s1. The van der Waals surface area contributed by atoms with Gasteiger partial charge in [-0.3, -0.25) is 19.1 Å². The average molecular weight is 284 g/mol. The highest BCUT2D eigenvalue weighted by atomic mass is 16.6. The van der Waals surface area contributed by atoms with Crippen LogP contribution in [-0.2, 0) is 9.53 Å². The number of aliphatic hydroxyl groups excluding tert-OH is 2. The van der Waals surface area contributed by atoms with Gasteiger partial charge >= 0.3 is 5.69 Å². The molecule has 8 nitrogen and oxygen atoms in total. The van der Waals surface area contributed by atoms with E-state index in [-0.39, 0.29) is 11.7 Å². The summed E-state index contributed by atoms with van der Waals surface area (Å²) in [5, 5.41) is 19.8. The molecular weight excluding hydrogens is 268 g/mol. The fourth-order valence-electron chi connectivity index (χ4n) is 2.08. The van der Waals surface area contributed by atoms with Crippen LogP contribution < -0.4 is 11.2 Å². The SMILES string of the molecule is CC(C)C(=O)[C@H]1O[C@@H](n2ccc(=O)[nH]c2=O)[C@H](O)[C@@H]1O. The number of carbonyl (C=O) groups is 1. The Morgan fingerprint density at radius 1 is 1.35 bits per heavy atom. The Bertz CT molecular complexity index is 619. The van der Waals surface area contributed by atoms with Gasteiger partial charge in [0.15, 0.2) is 12.0 Å². The predicted octanol–water partition coefficient (Wildman–Crippen LogP) is -1.62. The Labute approximate surface area is 113 Å². The number of aromatic amines is 1. The van der Waals surface area contributed by atoms with E-state index in [0.29, 0.717) is 0 Å². The summed E-state index contributed by atoms with van der Waals surface area (Å²) < 4.78 is 6.24. The number of ether oxygens (including phenoxy) is 1. The number of aromatic nitrogens is 2. The lowest BCUT2D eigenvalue weighted by Crippen LogP contribution is -2.39. The first-order valence-electron chi connectivity index (χ1n) is 6.19. The molecule has 1 aromatic rings. The van der Waals surface area contributed by atoms with Gasteiger partial charge in [-0.25, -0.2) is 4.79 Å². The highest BCUT2D eigenvalue weighted by Crippen LogP contribution is 2.29. The van der Waals surface area contributed by atoms with Gasteiger partial charge in [0.05, 0.1) is 0 Å². The molecular formula is C12H16N2O6. The summed E-state index contributed by atoms with van der Waals surface area (Å²) >= 11 is 0. The van der Waals surface area contributed by atoms with Crippen LogP contribution in [0, 0.1) is 5.92 Å². The molecule has 1 aliphatic rings. The number of ketones is 1. The van der Waals surface area contributed by atoms with E-state index in [2.05, 4.69) is 0 Å². The Kier molecular flexibility index (Phi) is 3.89. The average Bonchev–Trinajstić information content (AvgIpc) is 2.66. The largest absolute Gasteiger partial charge is 0.387 e. The Hall–Kier alpha value is -1.77. The molecule has 0 amide bonds. The molecule has 0 unspecified atom stereocenters. The van der Waals surface area contributed by atoms with E-state index < -0.39 is 35.8 Å². The summed E-state index contributed by atoms with van der Waals surface area (Å²) in [7, 11) is 0. The van der Waals surface area contributed by atoms with Crippen LogP contribution in [0.4, 0.5) is 0 Å². The van der Waals surface area contributed by atoms with Crippen molar-refractivity contribution in [3.05, 3.63) is 33.1 Å². The van der Waals surface area contributed by atoms with Gasteiger partial charge in [-0.15, -0.1) is 0 Å². The van der Waals surface area contributed by atoms with E-state index in [4.69, 9.17) is 4.74 Å². The first kappa shape index (κ1) is 14.6. The van der Waals surface area contributed by atoms with Gasteiger partial charge in [0.1, 0.15) is 18.3 Å². The molecule has 0 radical (unpaired) electrons. The summed E-state index contributed by atoms with van der Waals surface area (Å²) in [4.78, 5) is 36.5. The van der Waals surface area contributed by atoms with Crippen LogP contribution in [0.25, 0.3) is 0 Å². The Morgan fingerprint density at radius 3 is 2.55 bits per heavy atom. The number of aliphatic hydroxyl groups is 2.